The van der Waals surface area contributed by atoms with Crippen molar-refractivity contribution in [3.8, 4) is 6.07 Å². The van der Waals surface area contributed by atoms with E-state index in [0.717, 1.165) is 18.3 Å². The zero-order chi connectivity index (χ0) is 9.80. The fourth-order valence-electron chi connectivity index (χ4n) is 1.57. The largest absolute Gasteiger partial charge is 0.369 e. The van der Waals surface area contributed by atoms with Crippen molar-refractivity contribution < 1.29 is 0 Å². The number of aromatic nitrogens is 1. The van der Waals surface area contributed by atoms with Crippen molar-refractivity contribution in [3.63, 3.8) is 0 Å². The molecule has 0 unspecified atom stereocenters. The van der Waals surface area contributed by atoms with Gasteiger partial charge in [0.1, 0.15) is 11.9 Å². The predicted octanol–water partition coefficient (Wildman–Crippen LogP) is 2.17. The normalized spacial score (nSPS) is 15.6. The van der Waals surface area contributed by atoms with Crippen LogP contribution >= 0.6 is 0 Å². The number of nitrogens with one attached hydrogen (secondary N) is 1. The minimum absolute atomic E-state index is 0.631. The van der Waals surface area contributed by atoms with Crippen LogP contribution in [-0.2, 0) is 0 Å². The second-order valence-electron chi connectivity index (χ2n) is 3.69. The summed E-state index contributed by atoms with van der Waals surface area (Å²) in [6.07, 6.45) is 5.67. The summed E-state index contributed by atoms with van der Waals surface area (Å²) in [5, 5.41) is 12.1. The van der Waals surface area contributed by atoms with Gasteiger partial charge >= 0.3 is 0 Å². The van der Waals surface area contributed by atoms with Crippen LogP contribution in [0.4, 0.5) is 5.82 Å². The summed E-state index contributed by atoms with van der Waals surface area (Å²) in [6.45, 7) is 0.950. The quantitative estimate of drug-likeness (QED) is 0.788. The van der Waals surface area contributed by atoms with E-state index in [2.05, 4.69) is 16.4 Å². The highest BCUT2D eigenvalue weighted by Gasteiger charge is 2.17. The molecule has 1 aromatic rings. The average molecular weight is 187 g/mol. The van der Waals surface area contributed by atoms with E-state index in [-0.39, 0.29) is 0 Å². The Labute approximate surface area is 83.8 Å². The van der Waals surface area contributed by atoms with Crippen LogP contribution in [0.15, 0.2) is 18.3 Å². The molecule has 1 N–H and O–H groups in total. The Hall–Kier alpha value is -1.56. The molecule has 14 heavy (non-hydrogen) atoms. The molecule has 1 aliphatic rings. The highest BCUT2D eigenvalue weighted by molar-refractivity contribution is 5.51. The van der Waals surface area contributed by atoms with Gasteiger partial charge in [0.15, 0.2) is 0 Å². The Morgan fingerprint density at radius 1 is 1.57 bits per heavy atom. The van der Waals surface area contributed by atoms with Gasteiger partial charge in [0.25, 0.3) is 0 Å². The lowest BCUT2D eigenvalue weighted by molar-refractivity contribution is 0.333. The lowest BCUT2D eigenvalue weighted by Gasteiger charge is -2.25. The Kier molecular flexibility index (Phi) is 2.64. The Morgan fingerprint density at radius 3 is 3.07 bits per heavy atom. The van der Waals surface area contributed by atoms with E-state index in [1.807, 2.05) is 0 Å². The van der Waals surface area contributed by atoms with Gasteiger partial charge in [0.2, 0.25) is 0 Å². The SMILES string of the molecule is N#Cc1cccnc1NCC1CCC1. The molecule has 0 aliphatic heterocycles. The summed E-state index contributed by atoms with van der Waals surface area (Å²) in [4.78, 5) is 4.15. The number of anilines is 1. The molecule has 72 valence electrons. The molecule has 1 fully saturated rings. The Bertz CT molecular complexity index is 350. The van der Waals surface area contributed by atoms with Crippen LogP contribution in [0.3, 0.4) is 0 Å². The second kappa shape index (κ2) is 4.10. The average Bonchev–Trinajstić information content (AvgIpc) is 2.16. The van der Waals surface area contributed by atoms with Crippen LogP contribution in [0.2, 0.25) is 0 Å². The molecule has 0 amide bonds. The number of hydrogen-bond acceptors (Lipinski definition) is 3. The lowest BCUT2D eigenvalue weighted by atomic mass is 9.85. The summed E-state index contributed by atoms with van der Waals surface area (Å²) in [5.74, 6) is 1.51. The van der Waals surface area contributed by atoms with Crippen molar-refractivity contribution in [3.05, 3.63) is 23.9 Å². The second-order valence-corrected chi connectivity index (χ2v) is 3.69. The van der Waals surface area contributed by atoms with Gasteiger partial charge in [-0.25, -0.2) is 4.98 Å². The first-order chi connectivity index (χ1) is 6.90. The number of nitriles is 1. The van der Waals surface area contributed by atoms with Crippen LogP contribution in [0.5, 0.6) is 0 Å². The molecule has 0 bridgehead atoms. The van der Waals surface area contributed by atoms with Crippen molar-refractivity contribution >= 4 is 5.82 Å². The van der Waals surface area contributed by atoms with E-state index in [1.54, 1.807) is 18.3 Å². The van der Waals surface area contributed by atoms with Gasteiger partial charge in [0.05, 0.1) is 5.56 Å². The van der Waals surface area contributed by atoms with E-state index < -0.39 is 0 Å². The maximum Gasteiger partial charge on any atom is 0.143 e. The van der Waals surface area contributed by atoms with Crippen molar-refractivity contribution in [2.75, 3.05) is 11.9 Å². The van der Waals surface area contributed by atoms with Crippen molar-refractivity contribution in [1.82, 2.24) is 4.98 Å². The lowest BCUT2D eigenvalue weighted by Crippen LogP contribution is -2.21. The van der Waals surface area contributed by atoms with Gasteiger partial charge < -0.3 is 5.32 Å². The number of pyridine rings is 1. The molecule has 0 spiro atoms. The first-order valence-corrected chi connectivity index (χ1v) is 4.99. The van der Waals surface area contributed by atoms with Crippen LogP contribution in [0, 0.1) is 17.2 Å². The molecule has 1 heterocycles. The van der Waals surface area contributed by atoms with Crippen LogP contribution < -0.4 is 5.32 Å². The first-order valence-electron chi connectivity index (χ1n) is 4.99. The molecule has 2 rings (SSSR count). The highest BCUT2D eigenvalue weighted by Crippen LogP contribution is 2.26. The molecular formula is C11H13N3. The van der Waals surface area contributed by atoms with E-state index in [9.17, 15) is 0 Å². The summed E-state index contributed by atoms with van der Waals surface area (Å²) in [5.41, 5.74) is 0.631. The Balaban J connectivity index is 1.97. The van der Waals surface area contributed by atoms with Gasteiger partial charge in [0, 0.05) is 12.7 Å². The predicted molar refractivity (Wildman–Crippen MR) is 54.8 cm³/mol. The van der Waals surface area contributed by atoms with Gasteiger partial charge in [-0.1, -0.05) is 6.42 Å². The van der Waals surface area contributed by atoms with Crippen LogP contribution in [0.25, 0.3) is 0 Å². The van der Waals surface area contributed by atoms with E-state index in [4.69, 9.17) is 5.26 Å². The van der Waals surface area contributed by atoms with Crippen molar-refractivity contribution in [2.24, 2.45) is 5.92 Å². The third-order valence-corrected chi connectivity index (χ3v) is 2.71. The molecule has 0 atom stereocenters. The summed E-state index contributed by atoms with van der Waals surface area (Å²) >= 11 is 0. The molecule has 3 heteroatoms. The van der Waals surface area contributed by atoms with Crippen LogP contribution in [-0.4, -0.2) is 11.5 Å². The van der Waals surface area contributed by atoms with Crippen molar-refractivity contribution in [1.29, 1.82) is 5.26 Å². The molecule has 0 radical (unpaired) electrons. The highest BCUT2D eigenvalue weighted by atomic mass is 15.0. The zero-order valence-electron chi connectivity index (χ0n) is 8.03. The number of nitrogens with zero attached hydrogens (tertiary/aromatic N) is 2. The van der Waals surface area contributed by atoms with E-state index in [0.29, 0.717) is 5.56 Å². The zero-order valence-corrected chi connectivity index (χ0v) is 8.03. The summed E-state index contributed by atoms with van der Waals surface area (Å²) in [7, 11) is 0. The molecule has 1 aliphatic carbocycles. The first kappa shape index (κ1) is 9.01. The topological polar surface area (TPSA) is 48.7 Å². The van der Waals surface area contributed by atoms with E-state index in [1.165, 1.54) is 19.3 Å². The molecule has 3 nitrogen and oxygen atoms in total. The molecule has 1 aromatic heterocycles. The molecule has 1 saturated carbocycles. The van der Waals surface area contributed by atoms with Gasteiger partial charge in [-0.05, 0) is 30.9 Å². The van der Waals surface area contributed by atoms with Crippen LogP contribution in [0.1, 0.15) is 24.8 Å². The number of hydrogen-bond donors (Lipinski definition) is 1. The fourth-order valence-corrected chi connectivity index (χ4v) is 1.57. The summed E-state index contributed by atoms with van der Waals surface area (Å²) < 4.78 is 0. The molecule has 0 saturated heterocycles. The minimum Gasteiger partial charge on any atom is -0.369 e. The molecule has 0 aromatic carbocycles. The van der Waals surface area contributed by atoms with Crippen molar-refractivity contribution in [2.45, 2.75) is 19.3 Å². The monoisotopic (exact) mass is 187 g/mol. The third-order valence-electron chi connectivity index (χ3n) is 2.71. The maximum atomic E-state index is 8.82. The third kappa shape index (κ3) is 1.85. The standard InChI is InChI=1S/C11H13N3/c12-7-10-5-2-6-13-11(10)14-8-9-3-1-4-9/h2,5-6,9H,1,3-4,8H2,(H,13,14). The fraction of sp³-hybridized carbons (Fsp3) is 0.455. The maximum absolute atomic E-state index is 8.82. The Morgan fingerprint density at radius 2 is 2.43 bits per heavy atom. The minimum atomic E-state index is 0.631. The van der Waals surface area contributed by atoms with Gasteiger partial charge in [-0.15, -0.1) is 0 Å². The smallest absolute Gasteiger partial charge is 0.143 e. The van der Waals surface area contributed by atoms with Gasteiger partial charge in [-0.2, -0.15) is 5.26 Å². The molecular weight excluding hydrogens is 174 g/mol. The summed E-state index contributed by atoms with van der Waals surface area (Å²) in [6, 6.07) is 5.70. The number of rotatable bonds is 3. The van der Waals surface area contributed by atoms with E-state index >= 15 is 0 Å². The van der Waals surface area contributed by atoms with Gasteiger partial charge in [-0.3, -0.25) is 0 Å².